The summed E-state index contributed by atoms with van der Waals surface area (Å²) in [6.45, 7) is 2.08. The SMILES string of the molecule is CC(Cc1cccc(C2=CCC2)c1)=N/C=C\C#CC(c1ccccc1)(c1ccccc1)c1ccccc1. The summed E-state index contributed by atoms with van der Waals surface area (Å²) in [4.78, 5) is 4.68. The normalized spacial score (nSPS) is 13.4. The molecule has 0 bridgehead atoms. The third-order valence-corrected chi connectivity index (χ3v) is 6.90. The first-order valence-corrected chi connectivity index (χ1v) is 12.9. The zero-order valence-electron chi connectivity index (χ0n) is 21.3. The topological polar surface area (TPSA) is 12.4 Å². The molecule has 4 aromatic rings. The van der Waals surface area contributed by atoms with Gasteiger partial charge in [-0.15, -0.1) is 0 Å². The summed E-state index contributed by atoms with van der Waals surface area (Å²) in [5, 5.41) is 0. The van der Waals surface area contributed by atoms with E-state index in [-0.39, 0.29) is 0 Å². The largest absolute Gasteiger partial charge is 0.265 e. The van der Waals surface area contributed by atoms with Gasteiger partial charge >= 0.3 is 0 Å². The van der Waals surface area contributed by atoms with Crippen LogP contribution in [-0.4, -0.2) is 5.71 Å². The van der Waals surface area contributed by atoms with Gasteiger partial charge in [-0.1, -0.05) is 133 Å². The van der Waals surface area contributed by atoms with E-state index in [1.54, 1.807) is 0 Å². The highest BCUT2D eigenvalue weighted by molar-refractivity contribution is 5.85. The Morgan fingerprint density at radius 2 is 1.35 bits per heavy atom. The molecule has 4 aromatic carbocycles. The number of hydrogen-bond acceptors (Lipinski definition) is 1. The molecule has 0 aromatic heterocycles. The van der Waals surface area contributed by atoms with Crippen LogP contribution in [0, 0.1) is 11.8 Å². The van der Waals surface area contributed by atoms with E-state index in [2.05, 4.69) is 127 Å². The highest BCUT2D eigenvalue weighted by Crippen LogP contribution is 2.38. The Balaban J connectivity index is 1.44. The maximum absolute atomic E-state index is 4.68. The summed E-state index contributed by atoms with van der Waals surface area (Å²) in [7, 11) is 0. The number of nitrogens with zero attached hydrogens (tertiary/aromatic N) is 1. The van der Waals surface area contributed by atoms with E-state index >= 15 is 0 Å². The molecule has 1 aliphatic carbocycles. The van der Waals surface area contributed by atoms with E-state index in [9.17, 15) is 0 Å². The van der Waals surface area contributed by atoms with Crippen LogP contribution in [0.25, 0.3) is 5.57 Å². The molecule has 0 spiro atoms. The molecule has 1 heteroatoms. The Kier molecular flexibility index (Phi) is 7.58. The van der Waals surface area contributed by atoms with Crippen LogP contribution >= 0.6 is 0 Å². The van der Waals surface area contributed by atoms with Crippen LogP contribution < -0.4 is 0 Å². The Hall–Kier alpha value is -4.41. The van der Waals surface area contributed by atoms with Crippen molar-refractivity contribution >= 4 is 11.3 Å². The molecule has 180 valence electrons. The second kappa shape index (κ2) is 11.5. The molecule has 0 atom stereocenters. The van der Waals surface area contributed by atoms with Gasteiger partial charge in [0.1, 0.15) is 5.41 Å². The van der Waals surface area contributed by atoms with Gasteiger partial charge in [-0.25, -0.2) is 0 Å². The minimum absolute atomic E-state index is 0.580. The fourth-order valence-corrected chi connectivity index (χ4v) is 4.91. The predicted octanol–water partition coefficient (Wildman–Crippen LogP) is 8.42. The summed E-state index contributed by atoms with van der Waals surface area (Å²) in [6.07, 6.45) is 9.23. The van der Waals surface area contributed by atoms with E-state index in [4.69, 9.17) is 0 Å². The lowest BCUT2D eigenvalue weighted by Crippen LogP contribution is -2.27. The smallest absolute Gasteiger partial charge is 0.106 e. The highest BCUT2D eigenvalue weighted by atomic mass is 14.7. The molecule has 0 N–H and O–H groups in total. The Bertz CT molecular complexity index is 1380. The van der Waals surface area contributed by atoms with Gasteiger partial charge < -0.3 is 0 Å². The molecular weight excluding hydrogens is 446 g/mol. The predicted molar refractivity (Wildman–Crippen MR) is 157 cm³/mol. The molecule has 1 nitrogen and oxygen atoms in total. The van der Waals surface area contributed by atoms with Gasteiger partial charge in [0.2, 0.25) is 0 Å². The van der Waals surface area contributed by atoms with Crippen molar-refractivity contribution in [3.05, 3.63) is 161 Å². The van der Waals surface area contributed by atoms with Crippen molar-refractivity contribution in [2.45, 2.75) is 31.6 Å². The number of hydrogen-bond donors (Lipinski definition) is 0. The second-order valence-electron chi connectivity index (χ2n) is 9.44. The van der Waals surface area contributed by atoms with Crippen LogP contribution in [0.1, 0.15) is 47.6 Å². The third kappa shape index (κ3) is 5.55. The first-order chi connectivity index (χ1) is 18.3. The van der Waals surface area contributed by atoms with Gasteiger partial charge in [-0.3, -0.25) is 4.99 Å². The maximum Gasteiger partial charge on any atom is 0.106 e. The average Bonchev–Trinajstić information content (AvgIpc) is 2.92. The molecule has 0 heterocycles. The van der Waals surface area contributed by atoms with Crippen LogP contribution in [0.2, 0.25) is 0 Å². The van der Waals surface area contributed by atoms with Crippen LogP contribution in [0.15, 0.2) is 139 Å². The van der Waals surface area contributed by atoms with Gasteiger partial charge in [-0.2, -0.15) is 0 Å². The van der Waals surface area contributed by atoms with Crippen LogP contribution in [0.4, 0.5) is 0 Å². The van der Waals surface area contributed by atoms with Crippen molar-refractivity contribution in [3.8, 4) is 11.8 Å². The minimum Gasteiger partial charge on any atom is -0.265 e. The fraction of sp³-hybridized carbons (Fsp3) is 0.139. The van der Waals surface area contributed by atoms with Crippen LogP contribution in [0.5, 0.6) is 0 Å². The van der Waals surface area contributed by atoms with Gasteiger partial charge in [-0.05, 0) is 53.2 Å². The number of benzene rings is 4. The zero-order valence-corrected chi connectivity index (χ0v) is 21.3. The van der Waals surface area contributed by atoms with Crippen molar-refractivity contribution in [1.29, 1.82) is 0 Å². The van der Waals surface area contributed by atoms with E-state index in [0.717, 1.165) is 28.8 Å². The first kappa shape index (κ1) is 24.3. The van der Waals surface area contributed by atoms with Crippen LogP contribution in [0.3, 0.4) is 0 Å². The Morgan fingerprint density at radius 1 is 0.784 bits per heavy atom. The van der Waals surface area contributed by atoms with Crippen molar-refractivity contribution in [1.82, 2.24) is 0 Å². The lowest BCUT2D eigenvalue weighted by molar-refractivity contribution is 0.809. The molecule has 5 rings (SSSR count). The summed E-state index contributed by atoms with van der Waals surface area (Å²) in [5.74, 6) is 6.96. The fourth-order valence-electron chi connectivity index (χ4n) is 4.91. The molecule has 0 amide bonds. The van der Waals surface area contributed by atoms with Crippen molar-refractivity contribution in [2.24, 2.45) is 4.99 Å². The quantitative estimate of drug-likeness (QED) is 0.144. The van der Waals surface area contributed by atoms with E-state index in [1.165, 1.54) is 29.5 Å². The Morgan fingerprint density at radius 3 is 1.86 bits per heavy atom. The number of allylic oxidation sites excluding steroid dienone is 3. The summed E-state index contributed by atoms with van der Waals surface area (Å²) in [5.41, 5.74) is 8.03. The number of aliphatic imine (C=N–C) groups is 1. The van der Waals surface area contributed by atoms with Crippen molar-refractivity contribution in [2.75, 3.05) is 0 Å². The molecule has 1 aliphatic rings. The highest BCUT2D eigenvalue weighted by Gasteiger charge is 2.34. The van der Waals surface area contributed by atoms with E-state index < -0.39 is 5.41 Å². The lowest BCUT2D eigenvalue weighted by Gasteiger charge is -2.30. The van der Waals surface area contributed by atoms with Crippen molar-refractivity contribution < 1.29 is 0 Å². The summed E-state index contributed by atoms with van der Waals surface area (Å²) >= 11 is 0. The van der Waals surface area contributed by atoms with Crippen molar-refractivity contribution in [3.63, 3.8) is 0 Å². The maximum atomic E-state index is 4.68. The van der Waals surface area contributed by atoms with Crippen LogP contribution in [-0.2, 0) is 11.8 Å². The van der Waals surface area contributed by atoms with E-state index in [1.807, 2.05) is 30.5 Å². The molecule has 0 aliphatic heterocycles. The minimum atomic E-state index is -0.580. The lowest BCUT2D eigenvalue weighted by atomic mass is 9.70. The summed E-state index contributed by atoms with van der Waals surface area (Å²) in [6, 6.07) is 40.4. The Labute approximate surface area is 220 Å². The van der Waals surface area contributed by atoms with E-state index in [0.29, 0.717) is 0 Å². The molecule has 0 radical (unpaired) electrons. The van der Waals surface area contributed by atoms with Gasteiger partial charge in [0.05, 0.1) is 0 Å². The molecule has 0 fully saturated rings. The second-order valence-corrected chi connectivity index (χ2v) is 9.44. The molecule has 0 saturated carbocycles. The van der Waals surface area contributed by atoms with Gasteiger partial charge in [0.15, 0.2) is 0 Å². The van der Waals surface area contributed by atoms with Gasteiger partial charge in [0, 0.05) is 24.4 Å². The third-order valence-electron chi connectivity index (χ3n) is 6.90. The number of rotatable bonds is 7. The summed E-state index contributed by atoms with van der Waals surface area (Å²) < 4.78 is 0. The molecular formula is C36H31N. The molecule has 0 unspecified atom stereocenters. The first-order valence-electron chi connectivity index (χ1n) is 12.9. The average molecular weight is 478 g/mol. The molecule has 0 saturated heterocycles. The zero-order chi connectivity index (χ0) is 25.3. The molecule has 37 heavy (non-hydrogen) atoms. The van der Waals surface area contributed by atoms with Gasteiger partial charge in [0.25, 0.3) is 0 Å². The monoisotopic (exact) mass is 477 g/mol. The standard InChI is InChI=1S/C36H31N/c1-29(27-30-15-13-18-32(28-30)31-16-14-17-31)37-26-12-11-25-36(33-19-5-2-6-20-33,34-21-7-3-8-22-34)35-23-9-4-10-24-35/h2-10,12-13,15-16,18-24,26,28H,14,17,27H2,1H3/b26-12-,37-29?.